The van der Waals surface area contributed by atoms with Crippen molar-refractivity contribution in [2.45, 2.75) is 18.6 Å². The van der Waals surface area contributed by atoms with Crippen LogP contribution in [0.15, 0.2) is 12.4 Å². The fourth-order valence-corrected chi connectivity index (χ4v) is 0.903. The second kappa shape index (κ2) is 2.97. The van der Waals surface area contributed by atoms with Gasteiger partial charge in [-0.3, -0.25) is 4.57 Å². The summed E-state index contributed by atoms with van der Waals surface area (Å²) in [5, 5.41) is 0. The molecule has 0 fully saturated rings. The molecule has 68 valence electrons. The lowest BCUT2D eigenvalue weighted by atomic mass is 10.5. The third-order valence-corrected chi connectivity index (χ3v) is 1.67. The Bertz CT molecular complexity index is 272. The number of hydrogen-bond donors (Lipinski definition) is 0. The molecule has 0 amide bonds. The van der Waals surface area contributed by atoms with Crippen LogP contribution in [0.3, 0.4) is 0 Å². The van der Waals surface area contributed by atoms with Gasteiger partial charge in [-0.25, -0.2) is 9.37 Å². The Morgan fingerprint density at radius 3 is 2.58 bits per heavy atom. The van der Waals surface area contributed by atoms with Crippen molar-refractivity contribution in [1.29, 1.82) is 0 Å². The molecular weight excluding hydrogens is 193 g/mol. The average Bonchev–Trinajstić information content (AvgIpc) is 2.35. The SMILES string of the molecule is Cc1nccn1C(F)(F)[C@H](F)Cl. The molecule has 0 bridgehead atoms. The smallest absolute Gasteiger partial charge is 0.272 e. The van der Waals surface area contributed by atoms with Gasteiger partial charge in [-0.05, 0) is 6.92 Å². The van der Waals surface area contributed by atoms with Crippen molar-refractivity contribution in [1.82, 2.24) is 9.55 Å². The Balaban J connectivity index is 3.05. The Morgan fingerprint density at radius 1 is 1.67 bits per heavy atom. The second-order valence-corrected chi connectivity index (χ2v) is 2.62. The maximum atomic E-state index is 12.8. The van der Waals surface area contributed by atoms with Gasteiger partial charge in [0.05, 0.1) is 0 Å². The van der Waals surface area contributed by atoms with E-state index in [0.717, 1.165) is 12.4 Å². The van der Waals surface area contributed by atoms with E-state index < -0.39 is 11.7 Å². The standard InChI is InChI=1S/C6H6ClF3N2/c1-4-11-2-3-12(4)6(9,10)5(7)8/h2-3,5H,1H3/t5-/m0/s1. The fourth-order valence-electron chi connectivity index (χ4n) is 0.798. The topological polar surface area (TPSA) is 17.8 Å². The molecule has 0 unspecified atom stereocenters. The first-order valence-corrected chi connectivity index (χ1v) is 3.56. The number of halogens is 4. The van der Waals surface area contributed by atoms with Crippen molar-refractivity contribution < 1.29 is 13.2 Å². The molecule has 0 radical (unpaired) electrons. The molecule has 1 aromatic heterocycles. The minimum atomic E-state index is -3.73. The van der Waals surface area contributed by atoms with E-state index in [1.807, 2.05) is 0 Å². The zero-order valence-corrected chi connectivity index (χ0v) is 6.89. The molecule has 0 spiro atoms. The van der Waals surface area contributed by atoms with Gasteiger partial charge in [0.25, 0.3) is 5.63 Å². The Labute approximate surface area is 72.0 Å². The molecule has 12 heavy (non-hydrogen) atoms. The highest BCUT2D eigenvalue weighted by atomic mass is 35.5. The third-order valence-electron chi connectivity index (χ3n) is 1.41. The summed E-state index contributed by atoms with van der Waals surface area (Å²) in [4.78, 5) is 3.52. The molecule has 1 rings (SSSR count). The number of hydrogen-bond acceptors (Lipinski definition) is 1. The highest BCUT2D eigenvalue weighted by Crippen LogP contribution is 2.30. The lowest BCUT2D eigenvalue weighted by molar-refractivity contribution is -0.117. The lowest BCUT2D eigenvalue weighted by Gasteiger charge is -2.18. The highest BCUT2D eigenvalue weighted by molar-refractivity contribution is 6.20. The maximum Gasteiger partial charge on any atom is 0.375 e. The normalized spacial score (nSPS) is 14.8. The van der Waals surface area contributed by atoms with Crippen LogP contribution in [0.2, 0.25) is 0 Å². The summed E-state index contributed by atoms with van der Waals surface area (Å²) < 4.78 is 38.2. The van der Waals surface area contributed by atoms with Gasteiger partial charge < -0.3 is 0 Å². The van der Waals surface area contributed by atoms with Crippen molar-refractivity contribution in [2.24, 2.45) is 0 Å². The van der Waals surface area contributed by atoms with Crippen molar-refractivity contribution in [3.05, 3.63) is 18.2 Å². The Kier molecular flexibility index (Phi) is 2.32. The maximum absolute atomic E-state index is 12.8. The van der Waals surface area contributed by atoms with E-state index >= 15 is 0 Å². The first-order valence-electron chi connectivity index (χ1n) is 3.12. The van der Waals surface area contributed by atoms with Crippen LogP contribution < -0.4 is 0 Å². The Hall–Kier alpha value is -0.710. The molecule has 0 saturated heterocycles. The number of rotatable bonds is 2. The number of aryl methyl sites for hydroxylation is 1. The van der Waals surface area contributed by atoms with Crippen LogP contribution in [0.4, 0.5) is 13.2 Å². The largest absolute Gasteiger partial charge is 0.375 e. The molecule has 1 heterocycles. The molecular formula is C6H6ClF3N2. The molecule has 6 heteroatoms. The quantitative estimate of drug-likeness (QED) is 0.667. The summed E-state index contributed by atoms with van der Waals surface area (Å²) in [5.74, 6) is 0.0169. The van der Waals surface area contributed by atoms with E-state index in [1.54, 1.807) is 0 Å². The number of alkyl halides is 4. The van der Waals surface area contributed by atoms with Crippen LogP contribution in [0, 0.1) is 6.92 Å². The van der Waals surface area contributed by atoms with E-state index in [-0.39, 0.29) is 5.82 Å². The van der Waals surface area contributed by atoms with Crippen molar-refractivity contribution >= 4 is 11.6 Å². The number of aromatic nitrogens is 2. The molecule has 0 saturated carbocycles. The van der Waals surface area contributed by atoms with Crippen molar-refractivity contribution in [2.75, 3.05) is 0 Å². The minimum Gasteiger partial charge on any atom is -0.272 e. The molecule has 1 atom stereocenters. The molecule has 0 N–H and O–H groups in total. The van der Waals surface area contributed by atoms with Crippen LogP contribution in [0.1, 0.15) is 5.82 Å². The van der Waals surface area contributed by atoms with Crippen LogP contribution >= 0.6 is 11.6 Å². The molecule has 0 aromatic carbocycles. The van der Waals surface area contributed by atoms with Gasteiger partial charge in [-0.15, -0.1) is 0 Å². The summed E-state index contributed by atoms with van der Waals surface area (Å²) in [6.45, 7) is 1.34. The number of nitrogens with zero attached hydrogens (tertiary/aromatic N) is 2. The van der Waals surface area contributed by atoms with E-state index in [2.05, 4.69) is 16.6 Å². The highest BCUT2D eigenvalue weighted by Gasteiger charge is 2.41. The molecule has 0 aliphatic heterocycles. The van der Waals surface area contributed by atoms with Gasteiger partial charge in [0.2, 0.25) is 0 Å². The minimum absolute atomic E-state index is 0.0169. The average molecular weight is 199 g/mol. The van der Waals surface area contributed by atoms with Crippen LogP contribution in [-0.2, 0) is 6.05 Å². The lowest BCUT2D eigenvalue weighted by Crippen LogP contribution is -2.31. The van der Waals surface area contributed by atoms with E-state index in [0.29, 0.717) is 4.57 Å². The predicted molar refractivity (Wildman–Crippen MR) is 37.9 cm³/mol. The first-order chi connectivity index (χ1) is 5.46. The summed E-state index contributed by atoms with van der Waals surface area (Å²) in [6, 6.07) is -3.73. The van der Waals surface area contributed by atoms with Gasteiger partial charge in [0.1, 0.15) is 5.82 Å². The van der Waals surface area contributed by atoms with Gasteiger partial charge >= 0.3 is 6.05 Å². The second-order valence-electron chi connectivity index (χ2n) is 2.23. The van der Waals surface area contributed by atoms with Gasteiger partial charge in [0.15, 0.2) is 0 Å². The molecule has 1 aromatic rings. The zero-order chi connectivity index (χ0) is 9.35. The summed E-state index contributed by atoms with van der Waals surface area (Å²) >= 11 is 4.67. The monoisotopic (exact) mass is 198 g/mol. The zero-order valence-electron chi connectivity index (χ0n) is 6.14. The van der Waals surface area contributed by atoms with Crippen molar-refractivity contribution in [3.8, 4) is 0 Å². The van der Waals surface area contributed by atoms with E-state index in [4.69, 9.17) is 0 Å². The van der Waals surface area contributed by atoms with Gasteiger partial charge in [-0.1, -0.05) is 11.6 Å². The molecule has 2 nitrogen and oxygen atoms in total. The first kappa shape index (κ1) is 9.38. The van der Waals surface area contributed by atoms with Crippen LogP contribution in [0.25, 0.3) is 0 Å². The van der Waals surface area contributed by atoms with Crippen molar-refractivity contribution in [3.63, 3.8) is 0 Å². The van der Waals surface area contributed by atoms with E-state index in [9.17, 15) is 13.2 Å². The molecule has 0 aliphatic rings. The fraction of sp³-hybridized carbons (Fsp3) is 0.500. The summed E-state index contributed by atoms with van der Waals surface area (Å²) in [5.41, 5.74) is -2.75. The predicted octanol–water partition coefficient (Wildman–Crippen LogP) is 2.28. The number of imidazole rings is 1. The summed E-state index contributed by atoms with van der Waals surface area (Å²) in [6.07, 6.45) is 2.13. The van der Waals surface area contributed by atoms with Gasteiger partial charge in [0, 0.05) is 12.4 Å². The van der Waals surface area contributed by atoms with Gasteiger partial charge in [-0.2, -0.15) is 8.78 Å². The van der Waals surface area contributed by atoms with E-state index in [1.165, 1.54) is 6.92 Å². The summed E-state index contributed by atoms with van der Waals surface area (Å²) in [7, 11) is 0. The third kappa shape index (κ3) is 1.41. The Morgan fingerprint density at radius 2 is 2.25 bits per heavy atom. The molecule has 0 aliphatic carbocycles. The van der Waals surface area contributed by atoms with Crippen LogP contribution in [0.5, 0.6) is 0 Å². The van der Waals surface area contributed by atoms with Crippen LogP contribution in [-0.4, -0.2) is 15.2 Å².